The first-order valence-corrected chi connectivity index (χ1v) is 8.37. The maximum absolute atomic E-state index is 13.0. The van der Waals surface area contributed by atoms with Gasteiger partial charge in [0.05, 0.1) is 29.8 Å². The third-order valence-electron chi connectivity index (χ3n) is 4.21. The van der Waals surface area contributed by atoms with Crippen LogP contribution in [-0.2, 0) is 17.8 Å². The minimum absolute atomic E-state index is 0.0468. The topological polar surface area (TPSA) is 47.4 Å². The van der Waals surface area contributed by atoms with Crippen LogP contribution in [0, 0.1) is 0 Å². The number of ether oxygens (including phenoxy) is 1. The zero-order valence-electron chi connectivity index (χ0n) is 12.8. The first-order valence-electron chi connectivity index (χ1n) is 7.56. The average Bonchev–Trinajstić information content (AvgIpc) is 3.15. The predicted molar refractivity (Wildman–Crippen MR) is 89.6 cm³/mol. The second-order valence-electron chi connectivity index (χ2n) is 5.70. The summed E-state index contributed by atoms with van der Waals surface area (Å²) in [7, 11) is 1.68. The van der Waals surface area contributed by atoms with Crippen LogP contribution in [0.1, 0.15) is 15.4 Å². The van der Waals surface area contributed by atoms with Gasteiger partial charge in [-0.1, -0.05) is 18.2 Å². The lowest BCUT2D eigenvalue weighted by Gasteiger charge is -2.22. The van der Waals surface area contributed by atoms with Crippen LogP contribution in [0.5, 0.6) is 0 Å². The van der Waals surface area contributed by atoms with E-state index < -0.39 is 0 Å². The molecule has 0 spiro atoms. The Morgan fingerprint density at radius 1 is 1.30 bits per heavy atom. The van der Waals surface area contributed by atoms with E-state index >= 15 is 0 Å². The van der Waals surface area contributed by atoms with Gasteiger partial charge in [-0.3, -0.25) is 9.48 Å². The van der Waals surface area contributed by atoms with Crippen molar-refractivity contribution in [3.05, 3.63) is 53.2 Å². The second kappa shape index (κ2) is 5.79. The molecule has 0 radical (unpaired) electrons. The van der Waals surface area contributed by atoms with E-state index in [1.165, 1.54) is 0 Å². The lowest BCUT2D eigenvalue weighted by Crippen LogP contribution is -2.36. The van der Waals surface area contributed by atoms with Gasteiger partial charge >= 0.3 is 0 Å². The molecule has 3 heterocycles. The number of amides is 1. The Bertz CT molecular complexity index is 821. The lowest BCUT2D eigenvalue weighted by molar-refractivity contribution is 0.0453. The van der Waals surface area contributed by atoms with Gasteiger partial charge in [-0.15, -0.1) is 11.3 Å². The number of hydrogen-bond acceptors (Lipinski definition) is 4. The highest BCUT2D eigenvalue weighted by Gasteiger charge is 2.27. The van der Waals surface area contributed by atoms with Gasteiger partial charge in [-0.25, -0.2) is 0 Å². The highest BCUT2D eigenvalue weighted by Crippen LogP contribution is 2.27. The van der Waals surface area contributed by atoms with E-state index in [9.17, 15) is 4.79 Å². The van der Waals surface area contributed by atoms with E-state index in [0.29, 0.717) is 19.6 Å². The van der Waals surface area contributed by atoms with Crippen molar-refractivity contribution >= 4 is 27.3 Å². The van der Waals surface area contributed by atoms with Gasteiger partial charge in [0.25, 0.3) is 5.91 Å². The summed E-state index contributed by atoms with van der Waals surface area (Å²) in [6.07, 6.45) is 1.73. The quantitative estimate of drug-likeness (QED) is 0.727. The molecule has 2 aromatic heterocycles. The van der Waals surface area contributed by atoms with Gasteiger partial charge in [0.2, 0.25) is 0 Å². The van der Waals surface area contributed by atoms with Crippen molar-refractivity contribution in [3.8, 4) is 0 Å². The van der Waals surface area contributed by atoms with Gasteiger partial charge < -0.3 is 9.64 Å². The Morgan fingerprint density at radius 3 is 3.00 bits per heavy atom. The number of nitrogens with zero attached hydrogens (tertiary/aromatic N) is 3. The smallest absolute Gasteiger partial charge is 0.264 e. The van der Waals surface area contributed by atoms with Crippen molar-refractivity contribution in [2.75, 3.05) is 13.7 Å². The van der Waals surface area contributed by atoms with E-state index in [4.69, 9.17) is 4.74 Å². The molecule has 0 N–H and O–H groups in total. The molecule has 118 valence electrons. The summed E-state index contributed by atoms with van der Waals surface area (Å²) in [6, 6.07) is 12.0. The van der Waals surface area contributed by atoms with E-state index in [1.54, 1.807) is 24.6 Å². The lowest BCUT2D eigenvalue weighted by atomic mass is 10.2. The molecule has 1 atom stereocenters. The van der Waals surface area contributed by atoms with Crippen LogP contribution in [0.4, 0.5) is 0 Å². The predicted octanol–water partition coefficient (Wildman–Crippen LogP) is 2.77. The fourth-order valence-corrected chi connectivity index (χ4v) is 3.99. The van der Waals surface area contributed by atoms with Crippen LogP contribution in [0.3, 0.4) is 0 Å². The molecule has 0 unspecified atom stereocenters. The Hall–Kier alpha value is -2.18. The SMILES string of the molecule is CO[C@H]1CN(C(=O)c2cc3ccccc3s2)Cc2ccnn2C1. The molecule has 0 saturated heterocycles. The molecular formula is C17H17N3O2S. The summed E-state index contributed by atoms with van der Waals surface area (Å²) >= 11 is 1.54. The number of methoxy groups -OCH3 is 1. The van der Waals surface area contributed by atoms with Crippen molar-refractivity contribution < 1.29 is 9.53 Å². The van der Waals surface area contributed by atoms with Gasteiger partial charge in [-0.05, 0) is 23.6 Å². The van der Waals surface area contributed by atoms with Gasteiger partial charge in [0, 0.05) is 24.6 Å². The molecule has 6 heteroatoms. The molecule has 4 rings (SSSR count). The Kier molecular flexibility index (Phi) is 3.63. The molecule has 1 aliphatic rings. The molecule has 0 fully saturated rings. The maximum Gasteiger partial charge on any atom is 0.264 e. The van der Waals surface area contributed by atoms with Gasteiger partial charge in [0.1, 0.15) is 0 Å². The standard InChI is InChI=1S/C17H17N3O2S/c1-22-14-10-19(9-13-6-7-18-20(13)11-14)17(21)16-8-12-4-2-3-5-15(12)23-16/h2-8,14H,9-11H2,1H3/t14-/m0/s1. The molecule has 5 nitrogen and oxygen atoms in total. The fourth-order valence-electron chi connectivity index (χ4n) is 2.96. The number of carbonyl (C=O) groups excluding carboxylic acids is 1. The molecule has 0 bridgehead atoms. The third-order valence-corrected chi connectivity index (χ3v) is 5.32. The van der Waals surface area contributed by atoms with E-state index in [1.807, 2.05) is 46.0 Å². The number of hydrogen-bond donors (Lipinski definition) is 0. The summed E-state index contributed by atoms with van der Waals surface area (Å²) in [4.78, 5) is 15.6. The van der Waals surface area contributed by atoms with E-state index in [2.05, 4.69) is 5.10 Å². The van der Waals surface area contributed by atoms with E-state index in [0.717, 1.165) is 20.7 Å². The molecule has 0 aliphatic carbocycles. The van der Waals surface area contributed by atoms with Gasteiger partial charge in [-0.2, -0.15) is 5.10 Å². The Balaban J connectivity index is 1.66. The zero-order valence-corrected chi connectivity index (χ0v) is 13.6. The number of fused-ring (bicyclic) bond motifs is 2. The van der Waals surface area contributed by atoms with Crippen molar-refractivity contribution in [1.82, 2.24) is 14.7 Å². The monoisotopic (exact) mass is 327 g/mol. The summed E-state index contributed by atoms with van der Waals surface area (Å²) < 4.78 is 8.58. The number of rotatable bonds is 2. The molecule has 1 amide bonds. The minimum Gasteiger partial charge on any atom is -0.378 e. The van der Waals surface area contributed by atoms with Crippen molar-refractivity contribution in [1.29, 1.82) is 0 Å². The van der Waals surface area contributed by atoms with Crippen molar-refractivity contribution in [2.24, 2.45) is 0 Å². The van der Waals surface area contributed by atoms with Crippen LogP contribution in [0.25, 0.3) is 10.1 Å². The number of aromatic nitrogens is 2. The summed E-state index contributed by atoms with van der Waals surface area (Å²) in [5.41, 5.74) is 1.04. The molecule has 0 saturated carbocycles. The molecule has 1 aliphatic heterocycles. The number of thiophene rings is 1. The van der Waals surface area contributed by atoms with Crippen LogP contribution >= 0.6 is 11.3 Å². The van der Waals surface area contributed by atoms with E-state index in [-0.39, 0.29) is 12.0 Å². The molecular weight excluding hydrogens is 310 g/mol. The first kappa shape index (κ1) is 14.4. The van der Waals surface area contributed by atoms with Crippen LogP contribution in [0.2, 0.25) is 0 Å². The Labute approximate surface area is 138 Å². The fraction of sp³-hybridized carbons (Fsp3) is 0.294. The highest BCUT2D eigenvalue weighted by atomic mass is 32.1. The largest absolute Gasteiger partial charge is 0.378 e. The summed E-state index contributed by atoms with van der Waals surface area (Å²) in [5, 5.41) is 5.43. The zero-order chi connectivity index (χ0) is 15.8. The third kappa shape index (κ3) is 2.64. The molecule has 1 aromatic carbocycles. The molecule has 23 heavy (non-hydrogen) atoms. The average molecular weight is 327 g/mol. The first-order chi connectivity index (χ1) is 11.2. The molecule has 3 aromatic rings. The summed E-state index contributed by atoms with van der Waals surface area (Å²) in [6.45, 7) is 1.81. The highest BCUT2D eigenvalue weighted by molar-refractivity contribution is 7.20. The normalized spacial score (nSPS) is 18.0. The maximum atomic E-state index is 13.0. The number of carbonyl (C=O) groups is 1. The van der Waals surface area contributed by atoms with Crippen LogP contribution < -0.4 is 0 Å². The Morgan fingerprint density at radius 2 is 2.17 bits per heavy atom. The van der Waals surface area contributed by atoms with Crippen molar-refractivity contribution in [3.63, 3.8) is 0 Å². The van der Waals surface area contributed by atoms with Crippen LogP contribution in [-0.4, -0.2) is 40.3 Å². The minimum atomic E-state index is -0.0468. The van der Waals surface area contributed by atoms with Crippen molar-refractivity contribution in [2.45, 2.75) is 19.2 Å². The van der Waals surface area contributed by atoms with Gasteiger partial charge in [0.15, 0.2) is 0 Å². The summed E-state index contributed by atoms with van der Waals surface area (Å²) in [5.74, 6) is 0.0582. The second-order valence-corrected chi connectivity index (χ2v) is 6.78. The number of benzene rings is 1. The van der Waals surface area contributed by atoms with Crippen LogP contribution in [0.15, 0.2) is 42.6 Å².